The smallest absolute Gasteiger partial charge is 0.312 e. The van der Waals surface area contributed by atoms with Crippen molar-refractivity contribution in [3.05, 3.63) is 55.8 Å². The molecule has 0 aliphatic rings. The summed E-state index contributed by atoms with van der Waals surface area (Å²) in [6, 6.07) is 7.37. The molecule has 6 heteroatoms. The highest BCUT2D eigenvalue weighted by Gasteiger charge is 2.15. The summed E-state index contributed by atoms with van der Waals surface area (Å²) in [5, 5.41) is 1.46. The summed E-state index contributed by atoms with van der Waals surface area (Å²) in [7, 11) is 3.23. The molecule has 0 fully saturated rings. The molecule has 0 saturated carbocycles. The maximum absolute atomic E-state index is 12.4. The standard InChI is InChI=1S/C13H14ClN3O2/c1-8-4-6-9(7-5-8)10-11(14)15-13(19)17(12(10)18)16(2)3/h4-7H,1-3H3,(H,15,19). The van der Waals surface area contributed by atoms with Crippen LogP contribution in [0, 0.1) is 6.92 Å². The normalized spacial score (nSPS) is 10.5. The molecule has 1 aromatic heterocycles. The Hall–Kier alpha value is -2.01. The molecule has 100 valence electrons. The number of nitrogens with zero attached hydrogens (tertiary/aromatic N) is 2. The van der Waals surface area contributed by atoms with Crippen LogP contribution in [0.15, 0.2) is 33.9 Å². The molecule has 1 aromatic carbocycles. The third kappa shape index (κ3) is 2.42. The van der Waals surface area contributed by atoms with Crippen LogP contribution in [0.3, 0.4) is 0 Å². The largest absolute Gasteiger partial charge is 0.348 e. The van der Waals surface area contributed by atoms with Gasteiger partial charge in [0, 0.05) is 14.1 Å². The first-order valence-electron chi connectivity index (χ1n) is 5.71. The van der Waals surface area contributed by atoms with Crippen LogP contribution in [0.4, 0.5) is 0 Å². The average molecular weight is 280 g/mol. The zero-order valence-corrected chi connectivity index (χ0v) is 11.7. The molecule has 0 aliphatic carbocycles. The van der Waals surface area contributed by atoms with Gasteiger partial charge >= 0.3 is 5.69 Å². The molecule has 0 atom stereocenters. The van der Waals surface area contributed by atoms with Gasteiger partial charge in [0.2, 0.25) is 0 Å². The Morgan fingerprint density at radius 2 is 1.74 bits per heavy atom. The molecule has 19 heavy (non-hydrogen) atoms. The van der Waals surface area contributed by atoms with Gasteiger partial charge in [0.05, 0.1) is 5.56 Å². The first-order chi connectivity index (χ1) is 8.91. The molecule has 5 nitrogen and oxygen atoms in total. The quantitative estimate of drug-likeness (QED) is 0.845. The first kappa shape index (κ1) is 13.4. The summed E-state index contributed by atoms with van der Waals surface area (Å²) >= 11 is 6.00. The number of hydrogen-bond donors (Lipinski definition) is 1. The minimum Gasteiger partial charge on any atom is -0.312 e. The Bertz CT molecular complexity index is 714. The van der Waals surface area contributed by atoms with E-state index in [1.807, 2.05) is 19.1 Å². The van der Waals surface area contributed by atoms with Gasteiger partial charge in [-0.3, -0.25) is 9.78 Å². The van der Waals surface area contributed by atoms with Gasteiger partial charge in [0.15, 0.2) is 0 Å². The molecule has 0 bridgehead atoms. The van der Waals surface area contributed by atoms with Gasteiger partial charge in [-0.2, -0.15) is 4.68 Å². The summed E-state index contributed by atoms with van der Waals surface area (Å²) in [6.07, 6.45) is 0. The van der Waals surface area contributed by atoms with Crippen LogP contribution in [-0.2, 0) is 0 Å². The molecule has 0 spiro atoms. The maximum Gasteiger partial charge on any atom is 0.348 e. The van der Waals surface area contributed by atoms with Crippen LogP contribution in [-0.4, -0.2) is 23.8 Å². The number of nitrogens with one attached hydrogen (secondary N) is 1. The monoisotopic (exact) mass is 279 g/mol. The molecule has 0 aliphatic heterocycles. The first-order valence-corrected chi connectivity index (χ1v) is 6.09. The molecule has 0 radical (unpaired) electrons. The Morgan fingerprint density at radius 1 is 1.16 bits per heavy atom. The predicted molar refractivity (Wildman–Crippen MR) is 76.6 cm³/mol. The molecular weight excluding hydrogens is 266 g/mol. The molecular formula is C13H14ClN3O2. The Balaban J connectivity index is 2.77. The highest BCUT2D eigenvalue weighted by molar-refractivity contribution is 6.32. The van der Waals surface area contributed by atoms with Crippen LogP contribution >= 0.6 is 11.6 Å². The number of benzene rings is 1. The Labute approximate surface area is 115 Å². The fourth-order valence-electron chi connectivity index (χ4n) is 1.84. The molecule has 0 unspecified atom stereocenters. The summed E-state index contributed by atoms with van der Waals surface area (Å²) in [6.45, 7) is 1.95. The van der Waals surface area contributed by atoms with Crippen molar-refractivity contribution < 1.29 is 0 Å². The number of hydrogen-bond acceptors (Lipinski definition) is 3. The topological polar surface area (TPSA) is 58.1 Å². The van der Waals surface area contributed by atoms with Crippen molar-refractivity contribution >= 4 is 11.6 Å². The van der Waals surface area contributed by atoms with Crippen LogP contribution in [0.1, 0.15) is 5.56 Å². The Kier molecular flexibility index (Phi) is 3.48. The lowest BCUT2D eigenvalue weighted by Gasteiger charge is -2.16. The number of aromatic amines is 1. The third-order valence-electron chi connectivity index (χ3n) is 2.78. The molecule has 0 saturated heterocycles. The minimum absolute atomic E-state index is 0.0527. The number of halogens is 1. The molecule has 1 N–H and O–H groups in total. The molecule has 2 aromatic rings. The number of aryl methyl sites for hydroxylation is 1. The lowest BCUT2D eigenvalue weighted by molar-refractivity contribution is 0.654. The van der Waals surface area contributed by atoms with Gasteiger partial charge in [-0.25, -0.2) is 4.79 Å². The van der Waals surface area contributed by atoms with E-state index in [1.54, 1.807) is 26.2 Å². The van der Waals surface area contributed by atoms with E-state index < -0.39 is 11.2 Å². The zero-order valence-electron chi connectivity index (χ0n) is 10.9. The van der Waals surface area contributed by atoms with Gasteiger partial charge in [0.1, 0.15) is 5.15 Å². The highest BCUT2D eigenvalue weighted by atomic mass is 35.5. The summed E-state index contributed by atoms with van der Waals surface area (Å²) in [5.74, 6) is 0. The molecule has 2 rings (SSSR count). The molecule has 0 amide bonds. The lowest BCUT2D eigenvalue weighted by Crippen LogP contribution is -2.47. The van der Waals surface area contributed by atoms with Crippen molar-refractivity contribution in [1.29, 1.82) is 0 Å². The van der Waals surface area contributed by atoms with E-state index in [0.717, 1.165) is 10.2 Å². The van der Waals surface area contributed by atoms with Crippen molar-refractivity contribution in [3.8, 4) is 11.1 Å². The van der Waals surface area contributed by atoms with E-state index in [0.29, 0.717) is 5.56 Å². The van der Waals surface area contributed by atoms with Crippen molar-refractivity contribution in [1.82, 2.24) is 9.66 Å². The Morgan fingerprint density at radius 3 is 2.26 bits per heavy atom. The van der Waals surface area contributed by atoms with Crippen molar-refractivity contribution in [2.24, 2.45) is 0 Å². The van der Waals surface area contributed by atoms with E-state index in [4.69, 9.17) is 11.6 Å². The number of rotatable bonds is 2. The van der Waals surface area contributed by atoms with Gasteiger partial charge in [-0.05, 0) is 12.5 Å². The highest BCUT2D eigenvalue weighted by Crippen LogP contribution is 2.21. The zero-order chi connectivity index (χ0) is 14.2. The van der Waals surface area contributed by atoms with Crippen molar-refractivity contribution in [3.63, 3.8) is 0 Å². The van der Waals surface area contributed by atoms with Crippen molar-refractivity contribution in [2.45, 2.75) is 6.92 Å². The van der Waals surface area contributed by atoms with E-state index in [1.165, 1.54) is 5.01 Å². The lowest BCUT2D eigenvalue weighted by atomic mass is 10.1. The van der Waals surface area contributed by atoms with E-state index in [9.17, 15) is 9.59 Å². The number of H-pyrrole nitrogens is 1. The van der Waals surface area contributed by atoms with Gasteiger partial charge in [0.25, 0.3) is 5.56 Å². The minimum atomic E-state index is -0.559. The predicted octanol–water partition coefficient (Wildman–Crippen LogP) is 1.36. The van der Waals surface area contributed by atoms with Gasteiger partial charge < -0.3 is 5.01 Å². The van der Waals surface area contributed by atoms with Crippen LogP contribution in [0.25, 0.3) is 11.1 Å². The van der Waals surface area contributed by atoms with Gasteiger partial charge in [-0.15, -0.1) is 0 Å². The second-order valence-corrected chi connectivity index (χ2v) is 4.83. The second kappa shape index (κ2) is 4.93. The van der Waals surface area contributed by atoms with E-state index in [-0.39, 0.29) is 10.7 Å². The average Bonchev–Trinajstić information content (AvgIpc) is 2.30. The maximum atomic E-state index is 12.4. The van der Waals surface area contributed by atoms with E-state index >= 15 is 0 Å². The second-order valence-electron chi connectivity index (χ2n) is 4.45. The van der Waals surface area contributed by atoms with Crippen LogP contribution in [0.2, 0.25) is 5.15 Å². The molecule has 1 heterocycles. The summed E-state index contributed by atoms with van der Waals surface area (Å²) in [4.78, 5) is 26.5. The SMILES string of the molecule is Cc1ccc(-c2c(Cl)[nH]c(=O)n(N(C)C)c2=O)cc1. The van der Waals surface area contributed by atoms with Crippen molar-refractivity contribution in [2.75, 3.05) is 19.1 Å². The van der Waals surface area contributed by atoms with Gasteiger partial charge in [-0.1, -0.05) is 41.4 Å². The van der Waals surface area contributed by atoms with E-state index in [2.05, 4.69) is 4.98 Å². The fourth-order valence-corrected chi connectivity index (χ4v) is 2.11. The fraction of sp³-hybridized carbons (Fsp3) is 0.231. The number of aromatic nitrogens is 2. The summed E-state index contributed by atoms with van der Waals surface area (Å²) < 4.78 is 1.00. The third-order valence-corrected chi connectivity index (χ3v) is 3.06. The summed E-state index contributed by atoms with van der Waals surface area (Å²) in [5.41, 5.74) is 1.04. The van der Waals surface area contributed by atoms with Crippen LogP contribution < -0.4 is 16.3 Å². The van der Waals surface area contributed by atoms with Crippen LogP contribution in [0.5, 0.6) is 0 Å².